The molecule has 0 fully saturated rings. The van der Waals surface area contributed by atoms with E-state index in [1.165, 1.54) is 31.4 Å². The molecule has 1 unspecified atom stereocenters. The third kappa shape index (κ3) is 4.06. The minimum Gasteiger partial charge on any atom is -0.466 e. The van der Waals surface area contributed by atoms with Crippen LogP contribution in [0.1, 0.15) is 35.7 Å². The molecule has 2 aromatic carbocycles. The zero-order valence-corrected chi connectivity index (χ0v) is 17.6. The number of nitrogens with one attached hydrogen (secondary N) is 2. The van der Waals surface area contributed by atoms with Crippen LogP contribution < -0.4 is 10.6 Å². The summed E-state index contributed by atoms with van der Waals surface area (Å²) in [6, 6.07) is 14.4. The normalized spacial score (nSPS) is 15.5. The number of nitro benzene ring substituents is 1. The number of carbonyl (C=O) groups is 2. The van der Waals surface area contributed by atoms with Crippen LogP contribution in [0, 0.1) is 21.4 Å². The summed E-state index contributed by atoms with van der Waals surface area (Å²) in [4.78, 5) is 36.2. The van der Waals surface area contributed by atoms with E-state index in [1.807, 2.05) is 0 Å². The summed E-state index contributed by atoms with van der Waals surface area (Å²) in [6.07, 6.45) is 0. The van der Waals surface area contributed by atoms with Crippen molar-refractivity contribution >= 4 is 23.3 Å². The van der Waals surface area contributed by atoms with Crippen LogP contribution in [0.5, 0.6) is 0 Å². The topological polar surface area (TPSA) is 134 Å². The Morgan fingerprint density at radius 2 is 1.78 bits per heavy atom. The minimum absolute atomic E-state index is 0.107. The first kappa shape index (κ1) is 22.2. The maximum absolute atomic E-state index is 12.9. The molecule has 9 heteroatoms. The number of methoxy groups -OCH3 is 1. The molecule has 0 bridgehead atoms. The average Bonchev–Trinajstić information content (AvgIpc) is 2.78. The first-order valence-corrected chi connectivity index (χ1v) is 9.60. The second-order valence-electron chi connectivity index (χ2n) is 7.05. The number of nitro groups is 1. The van der Waals surface area contributed by atoms with E-state index in [1.54, 1.807) is 38.1 Å². The Labute approximate surface area is 184 Å². The quantitative estimate of drug-likeness (QED) is 0.417. The van der Waals surface area contributed by atoms with E-state index in [0.717, 1.165) is 0 Å². The highest BCUT2D eigenvalue weighted by atomic mass is 16.6. The SMILES string of the molecule is COC(=O)C1=C(C)NC(C)=C(C#N)C1c1ccccc1NC(=O)c1ccccc1[N+](=O)[O-]. The van der Waals surface area contributed by atoms with E-state index in [-0.39, 0.29) is 16.8 Å². The van der Waals surface area contributed by atoms with E-state index in [0.29, 0.717) is 28.2 Å². The van der Waals surface area contributed by atoms with Crippen LogP contribution in [0.3, 0.4) is 0 Å². The van der Waals surface area contributed by atoms with Crippen LogP contribution in [0.4, 0.5) is 11.4 Å². The molecule has 0 saturated carbocycles. The molecule has 162 valence electrons. The molecule has 1 aliphatic heterocycles. The predicted molar refractivity (Wildman–Crippen MR) is 116 cm³/mol. The van der Waals surface area contributed by atoms with Crippen LogP contribution in [-0.2, 0) is 9.53 Å². The number of dihydropyridines is 1. The van der Waals surface area contributed by atoms with Crippen LogP contribution >= 0.6 is 0 Å². The molecule has 2 N–H and O–H groups in total. The number of amides is 1. The lowest BCUT2D eigenvalue weighted by Gasteiger charge is -2.29. The molecule has 0 aliphatic carbocycles. The summed E-state index contributed by atoms with van der Waals surface area (Å²) < 4.78 is 4.94. The Hall–Kier alpha value is -4.45. The number of esters is 1. The Morgan fingerprint density at radius 3 is 2.44 bits per heavy atom. The number of nitriles is 1. The standard InChI is InChI=1S/C23H20N4O5/c1-13-17(12-24)21(20(14(2)25-13)23(29)32-3)15-8-4-6-10-18(15)26-22(28)16-9-5-7-11-19(16)27(30)31/h4-11,21,25H,1-3H3,(H,26,28). The molecule has 1 amide bonds. The molecule has 3 rings (SSSR count). The zero-order chi connectivity index (χ0) is 23.4. The van der Waals surface area contributed by atoms with Crippen molar-refractivity contribution in [3.8, 4) is 6.07 Å². The van der Waals surface area contributed by atoms with Crippen LogP contribution in [-0.4, -0.2) is 23.9 Å². The number of carbonyl (C=O) groups excluding carboxylic acids is 2. The van der Waals surface area contributed by atoms with Gasteiger partial charge in [0, 0.05) is 23.1 Å². The highest BCUT2D eigenvalue weighted by Crippen LogP contribution is 2.41. The van der Waals surface area contributed by atoms with Gasteiger partial charge in [-0.3, -0.25) is 14.9 Å². The molecule has 1 heterocycles. The van der Waals surface area contributed by atoms with Gasteiger partial charge >= 0.3 is 5.97 Å². The van der Waals surface area contributed by atoms with Gasteiger partial charge in [-0.05, 0) is 31.5 Å². The summed E-state index contributed by atoms with van der Waals surface area (Å²) in [5.41, 5.74) is 1.99. The third-order valence-electron chi connectivity index (χ3n) is 5.15. The van der Waals surface area contributed by atoms with Crippen LogP contribution in [0.2, 0.25) is 0 Å². The van der Waals surface area contributed by atoms with Gasteiger partial charge in [0.05, 0.1) is 35.2 Å². The fourth-order valence-corrected chi connectivity index (χ4v) is 3.71. The molecule has 0 radical (unpaired) electrons. The number of para-hydroxylation sites is 2. The highest BCUT2D eigenvalue weighted by Gasteiger charge is 2.35. The summed E-state index contributed by atoms with van der Waals surface area (Å²) >= 11 is 0. The van der Waals surface area contributed by atoms with Crippen molar-refractivity contribution in [1.29, 1.82) is 5.26 Å². The molecule has 1 aliphatic rings. The van der Waals surface area contributed by atoms with E-state index >= 15 is 0 Å². The maximum Gasteiger partial charge on any atom is 0.336 e. The van der Waals surface area contributed by atoms with Gasteiger partial charge in [-0.25, -0.2) is 4.79 Å². The Bertz CT molecular complexity index is 1220. The Balaban J connectivity index is 2.12. The molecule has 9 nitrogen and oxygen atoms in total. The fraction of sp³-hybridized carbons (Fsp3) is 0.174. The number of benzene rings is 2. The van der Waals surface area contributed by atoms with E-state index < -0.39 is 22.7 Å². The van der Waals surface area contributed by atoms with Gasteiger partial charge in [0.1, 0.15) is 5.56 Å². The molecule has 0 spiro atoms. The van der Waals surface area contributed by atoms with Crippen molar-refractivity contribution in [3.63, 3.8) is 0 Å². The van der Waals surface area contributed by atoms with Crippen molar-refractivity contribution < 1.29 is 19.2 Å². The number of rotatable bonds is 5. The second-order valence-corrected chi connectivity index (χ2v) is 7.05. The molecule has 32 heavy (non-hydrogen) atoms. The summed E-state index contributed by atoms with van der Waals surface area (Å²) in [5.74, 6) is -2.09. The average molecular weight is 432 g/mol. The number of hydrogen-bond acceptors (Lipinski definition) is 7. The van der Waals surface area contributed by atoms with E-state index in [2.05, 4.69) is 16.7 Å². The van der Waals surface area contributed by atoms with Gasteiger partial charge in [0.15, 0.2) is 0 Å². The summed E-state index contributed by atoms with van der Waals surface area (Å²) in [7, 11) is 1.25. The lowest BCUT2D eigenvalue weighted by Crippen LogP contribution is -2.29. The molecule has 0 aromatic heterocycles. The fourth-order valence-electron chi connectivity index (χ4n) is 3.71. The first-order chi connectivity index (χ1) is 15.3. The monoisotopic (exact) mass is 432 g/mol. The first-order valence-electron chi connectivity index (χ1n) is 9.60. The van der Waals surface area contributed by atoms with Crippen molar-refractivity contribution in [2.24, 2.45) is 0 Å². The van der Waals surface area contributed by atoms with Gasteiger partial charge in [0.2, 0.25) is 0 Å². The van der Waals surface area contributed by atoms with Gasteiger partial charge in [-0.1, -0.05) is 30.3 Å². The Kier molecular flexibility index (Phi) is 6.35. The van der Waals surface area contributed by atoms with Gasteiger partial charge in [-0.15, -0.1) is 0 Å². The third-order valence-corrected chi connectivity index (χ3v) is 5.15. The highest BCUT2D eigenvalue weighted by molar-refractivity contribution is 6.07. The lowest BCUT2D eigenvalue weighted by atomic mass is 9.80. The van der Waals surface area contributed by atoms with Crippen LogP contribution in [0.15, 0.2) is 71.1 Å². The number of ether oxygens (including phenoxy) is 1. The van der Waals surface area contributed by atoms with E-state index in [4.69, 9.17) is 4.74 Å². The zero-order valence-electron chi connectivity index (χ0n) is 17.6. The van der Waals surface area contributed by atoms with Crippen molar-refractivity contribution in [2.75, 3.05) is 12.4 Å². The molecular weight excluding hydrogens is 412 g/mol. The summed E-state index contributed by atoms with van der Waals surface area (Å²) in [5, 5.41) is 26.9. The van der Waals surface area contributed by atoms with Crippen molar-refractivity contribution in [2.45, 2.75) is 19.8 Å². The molecule has 2 aromatic rings. The lowest BCUT2D eigenvalue weighted by molar-refractivity contribution is -0.385. The second kappa shape index (κ2) is 9.14. The van der Waals surface area contributed by atoms with Crippen LogP contribution in [0.25, 0.3) is 0 Å². The minimum atomic E-state index is -0.795. The smallest absolute Gasteiger partial charge is 0.336 e. The number of allylic oxidation sites excluding steroid dienone is 3. The number of hydrogen-bond donors (Lipinski definition) is 2. The number of anilines is 1. The molecule has 1 atom stereocenters. The Morgan fingerprint density at radius 1 is 1.12 bits per heavy atom. The van der Waals surface area contributed by atoms with Gasteiger partial charge in [-0.2, -0.15) is 5.26 Å². The number of nitrogens with zero attached hydrogens (tertiary/aromatic N) is 2. The van der Waals surface area contributed by atoms with Crippen molar-refractivity contribution in [3.05, 3.63) is 92.3 Å². The van der Waals surface area contributed by atoms with Gasteiger partial charge in [0.25, 0.3) is 11.6 Å². The largest absolute Gasteiger partial charge is 0.466 e. The van der Waals surface area contributed by atoms with Crippen molar-refractivity contribution in [1.82, 2.24) is 5.32 Å². The van der Waals surface area contributed by atoms with E-state index in [9.17, 15) is 25.0 Å². The molecule has 0 saturated heterocycles. The predicted octanol–water partition coefficient (Wildman–Crippen LogP) is 3.78. The van der Waals surface area contributed by atoms with Gasteiger partial charge < -0.3 is 15.4 Å². The molecular formula is C23H20N4O5. The maximum atomic E-state index is 12.9. The summed E-state index contributed by atoms with van der Waals surface area (Å²) in [6.45, 7) is 3.42.